The molecule has 2 amide bonds. The molecule has 0 spiro atoms. The van der Waals surface area contributed by atoms with Gasteiger partial charge >= 0.3 is 0 Å². The summed E-state index contributed by atoms with van der Waals surface area (Å²) in [4.78, 5) is 23.7. The van der Waals surface area contributed by atoms with Crippen LogP contribution in [0.4, 0.5) is 0 Å². The van der Waals surface area contributed by atoms with Crippen LogP contribution in [0.25, 0.3) is 0 Å². The van der Waals surface area contributed by atoms with Crippen molar-refractivity contribution in [3.63, 3.8) is 0 Å². The van der Waals surface area contributed by atoms with E-state index in [2.05, 4.69) is 17.2 Å². The number of carbonyl (C=O) groups excluding carboxylic acids is 2. The first-order chi connectivity index (χ1) is 10.7. The molecule has 2 N–H and O–H groups in total. The average Bonchev–Trinajstić information content (AvgIpc) is 2.58. The number of carbonyl (C=O) groups is 2. The van der Waals surface area contributed by atoms with Crippen LogP contribution < -0.4 is 10.6 Å². The summed E-state index contributed by atoms with van der Waals surface area (Å²) in [5.41, 5.74) is 2.15. The van der Waals surface area contributed by atoms with Crippen LogP contribution >= 0.6 is 0 Å². The van der Waals surface area contributed by atoms with Gasteiger partial charge in [0.25, 0.3) is 11.8 Å². The van der Waals surface area contributed by atoms with Gasteiger partial charge in [-0.2, -0.15) is 0 Å². The summed E-state index contributed by atoms with van der Waals surface area (Å²) in [6, 6.07) is 16.2. The molecule has 2 aromatic carbocycles. The lowest BCUT2D eigenvalue weighted by atomic mass is 10.1. The number of rotatable bonds is 6. The van der Waals surface area contributed by atoms with Gasteiger partial charge in [0.05, 0.1) is 0 Å². The number of amides is 2. The second-order valence-corrected chi connectivity index (χ2v) is 4.74. The van der Waals surface area contributed by atoms with Crippen molar-refractivity contribution in [2.45, 2.75) is 6.54 Å². The van der Waals surface area contributed by atoms with Crippen molar-refractivity contribution >= 4 is 11.8 Å². The number of hydrogen-bond acceptors (Lipinski definition) is 2. The van der Waals surface area contributed by atoms with E-state index in [1.54, 1.807) is 30.3 Å². The molecule has 0 aliphatic carbocycles. The van der Waals surface area contributed by atoms with Crippen molar-refractivity contribution in [2.75, 3.05) is 6.54 Å². The second kappa shape index (κ2) is 7.78. The first-order valence-corrected chi connectivity index (χ1v) is 7.02. The van der Waals surface area contributed by atoms with Crippen LogP contribution in [0.1, 0.15) is 26.3 Å². The standard InChI is InChI=1S/C18H18N2O2/c1-2-12-19-17(21)16-10-8-14(9-11-16)13-20-18(22)15-6-4-3-5-7-15/h2-11H,1,12-13H2,(H,19,21)(H,20,22). The van der Waals surface area contributed by atoms with Crippen LogP contribution in [0.3, 0.4) is 0 Å². The van der Waals surface area contributed by atoms with Crippen molar-refractivity contribution in [1.82, 2.24) is 10.6 Å². The average molecular weight is 294 g/mol. The zero-order chi connectivity index (χ0) is 15.8. The molecule has 0 heterocycles. The molecule has 0 unspecified atom stereocenters. The fraction of sp³-hybridized carbons (Fsp3) is 0.111. The van der Waals surface area contributed by atoms with Crippen LogP contribution in [-0.4, -0.2) is 18.4 Å². The predicted molar refractivity (Wildman–Crippen MR) is 86.6 cm³/mol. The van der Waals surface area contributed by atoms with E-state index in [9.17, 15) is 9.59 Å². The summed E-state index contributed by atoms with van der Waals surface area (Å²) in [5.74, 6) is -0.256. The Hall–Kier alpha value is -2.88. The minimum Gasteiger partial charge on any atom is -0.349 e. The lowest BCUT2D eigenvalue weighted by Gasteiger charge is -2.07. The maximum absolute atomic E-state index is 11.9. The van der Waals surface area contributed by atoms with Crippen molar-refractivity contribution in [1.29, 1.82) is 0 Å². The number of benzene rings is 2. The third-order valence-electron chi connectivity index (χ3n) is 3.11. The second-order valence-electron chi connectivity index (χ2n) is 4.74. The summed E-state index contributed by atoms with van der Waals surface area (Å²) in [6.07, 6.45) is 1.63. The minimum atomic E-state index is -0.139. The summed E-state index contributed by atoms with van der Waals surface area (Å²) < 4.78 is 0. The van der Waals surface area contributed by atoms with Gasteiger partial charge in [-0.15, -0.1) is 6.58 Å². The van der Waals surface area contributed by atoms with E-state index in [-0.39, 0.29) is 11.8 Å². The SMILES string of the molecule is C=CCNC(=O)c1ccc(CNC(=O)c2ccccc2)cc1. The molecule has 2 aromatic rings. The maximum Gasteiger partial charge on any atom is 0.251 e. The van der Waals surface area contributed by atoms with Gasteiger partial charge in [-0.3, -0.25) is 9.59 Å². The Kier molecular flexibility index (Phi) is 5.49. The highest BCUT2D eigenvalue weighted by molar-refractivity contribution is 5.94. The van der Waals surface area contributed by atoms with Gasteiger partial charge in [-0.1, -0.05) is 36.4 Å². The fourth-order valence-electron chi connectivity index (χ4n) is 1.91. The third kappa shape index (κ3) is 4.31. The van der Waals surface area contributed by atoms with Crippen molar-refractivity contribution < 1.29 is 9.59 Å². The summed E-state index contributed by atoms with van der Waals surface area (Å²) in [5, 5.41) is 5.56. The normalized spacial score (nSPS) is 9.82. The largest absolute Gasteiger partial charge is 0.349 e. The highest BCUT2D eigenvalue weighted by Gasteiger charge is 2.06. The van der Waals surface area contributed by atoms with Crippen molar-refractivity contribution in [3.8, 4) is 0 Å². The van der Waals surface area contributed by atoms with E-state index in [1.807, 2.05) is 30.3 Å². The molecule has 112 valence electrons. The summed E-state index contributed by atoms with van der Waals surface area (Å²) >= 11 is 0. The quantitative estimate of drug-likeness (QED) is 0.804. The molecule has 0 saturated heterocycles. The first kappa shape index (κ1) is 15.5. The molecule has 22 heavy (non-hydrogen) atoms. The Morgan fingerprint density at radius 2 is 1.45 bits per heavy atom. The molecule has 4 nitrogen and oxygen atoms in total. The lowest BCUT2D eigenvalue weighted by Crippen LogP contribution is -2.24. The number of hydrogen-bond donors (Lipinski definition) is 2. The van der Waals surface area contributed by atoms with Crippen LogP contribution in [-0.2, 0) is 6.54 Å². The van der Waals surface area contributed by atoms with Gasteiger partial charge in [0.1, 0.15) is 0 Å². The van der Waals surface area contributed by atoms with Crippen LogP contribution in [0.5, 0.6) is 0 Å². The highest BCUT2D eigenvalue weighted by atomic mass is 16.2. The Morgan fingerprint density at radius 3 is 2.09 bits per heavy atom. The topological polar surface area (TPSA) is 58.2 Å². The van der Waals surface area contributed by atoms with Gasteiger partial charge in [0, 0.05) is 24.2 Å². The Labute approximate surface area is 129 Å². The van der Waals surface area contributed by atoms with Gasteiger partial charge in [-0.25, -0.2) is 0 Å². The van der Waals surface area contributed by atoms with E-state index in [0.717, 1.165) is 5.56 Å². The minimum absolute atomic E-state index is 0.117. The Morgan fingerprint density at radius 1 is 0.864 bits per heavy atom. The smallest absolute Gasteiger partial charge is 0.251 e. The first-order valence-electron chi connectivity index (χ1n) is 7.02. The molecule has 0 aromatic heterocycles. The zero-order valence-corrected chi connectivity index (χ0v) is 12.2. The van der Waals surface area contributed by atoms with Gasteiger partial charge < -0.3 is 10.6 Å². The maximum atomic E-state index is 11.9. The Bertz CT molecular complexity index is 649. The third-order valence-corrected chi connectivity index (χ3v) is 3.11. The van der Waals surface area contributed by atoms with Gasteiger partial charge in [0.2, 0.25) is 0 Å². The van der Waals surface area contributed by atoms with E-state index in [1.165, 1.54) is 0 Å². The highest BCUT2D eigenvalue weighted by Crippen LogP contribution is 2.05. The lowest BCUT2D eigenvalue weighted by molar-refractivity contribution is 0.0944. The summed E-state index contributed by atoms with van der Waals surface area (Å²) in [7, 11) is 0. The number of nitrogens with one attached hydrogen (secondary N) is 2. The van der Waals surface area contributed by atoms with Gasteiger partial charge in [0.15, 0.2) is 0 Å². The van der Waals surface area contributed by atoms with E-state index >= 15 is 0 Å². The van der Waals surface area contributed by atoms with Crippen LogP contribution in [0, 0.1) is 0 Å². The van der Waals surface area contributed by atoms with E-state index < -0.39 is 0 Å². The van der Waals surface area contributed by atoms with Crippen LogP contribution in [0.15, 0.2) is 67.3 Å². The van der Waals surface area contributed by atoms with Crippen molar-refractivity contribution in [3.05, 3.63) is 83.9 Å². The molecule has 0 aliphatic rings. The molecule has 0 fully saturated rings. The monoisotopic (exact) mass is 294 g/mol. The fourth-order valence-corrected chi connectivity index (χ4v) is 1.91. The summed E-state index contributed by atoms with van der Waals surface area (Å²) in [6.45, 7) is 4.41. The molecule has 4 heteroatoms. The molecule has 0 radical (unpaired) electrons. The van der Waals surface area contributed by atoms with E-state index in [0.29, 0.717) is 24.2 Å². The van der Waals surface area contributed by atoms with E-state index in [4.69, 9.17) is 0 Å². The van der Waals surface area contributed by atoms with Gasteiger partial charge in [-0.05, 0) is 29.8 Å². The van der Waals surface area contributed by atoms with Crippen LogP contribution in [0.2, 0.25) is 0 Å². The predicted octanol–water partition coefficient (Wildman–Crippen LogP) is 2.53. The Balaban J connectivity index is 1.90. The zero-order valence-electron chi connectivity index (χ0n) is 12.2. The molecular formula is C18H18N2O2. The molecule has 0 saturated carbocycles. The van der Waals surface area contributed by atoms with Crippen molar-refractivity contribution in [2.24, 2.45) is 0 Å². The molecule has 0 bridgehead atoms. The molecule has 0 aliphatic heterocycles. The molecule has 2 rings (SSSR count). The molecular weight excluding hydrogens is 276 g/mol. The molecule has 0 atom stereocenters.